The van der Waals surface area contributed by atoms with Crippen molar-refractivity contribution in [2.45, 2.75) is 18.9 Å². The lowest BCUT2D eigenvalue weighted by molar-refractivity contribution is 0.0472. The highest BCUT2D eigenvalue weighted by molar-refractivity contribution is 6.30. The molecule has 5 rings (SSSR count). The quantitative estimate of drug-likeness (QED) is 0.609. The van der Waals surface area contributed by atoms with Crippen LogP contribution >= 0.6 is 11.6 Å². The molecule has 3 aromatic rings. The van der Waals surface area contributed by atoms with E-state index in [4.69, 9.17) is 21.1 Å². The molecule has 8 heteroatoms. The van der Waals surface area contributed by atoms with Gasteiger partial charge < -0.3 is 14.8 Å². The smallest absolute Gasteiger partial charge is 0.339 e. The Hall–Kier alpha value is -3.19. The van der Waals surface area contributed by atoms with Crippen LogP contribution < -0.4 is 10.1 Å². The van der Waals surface area contributed by atoms with E-state index >= 15 is 0 Å². The summed E-state index contributed by atoms with van der Waals surface area (Å²) >= 11 is 6.07. The summed E-state index contributed by atoms with van der Waals surface area (Å²) in [6.07, 6.45) is 4.88. The Morgan fingerprint density at radius 3 is 2.90 bits per heavy atom. The third-order valence-corrected chi connectivity index (χ3v) is 5.14. The first-order valence-electron chi connectivity index (χ1n) is 9.62. The van der Waals surface area contributed by atoms with Crippen molar-refractivity contribution in [2.75, 3.05) is 18.5 Å². The van der Waals surface area contributed by atoms with Crippen LogP contribution in [0.5, 0.6) is 5.75 Å². The van der Waals surface area contributed by atoms with E-state index in [0.29, 0.717) is 52.1 Å². The Bertz CT molecular complexity index is 1150. The van der Waals surface area contributed by atoms with Crippen molar-refractivity contribution < 1.29 is 18.7 Å². The van der Waals surface area contributed by atoms with Gasteiger partial charge in [0.25, 0.3) is 0 Å². The molecule has 1 aromatic carbocycles. The van der Waals surface area contributed by atoms with Crippen LogP contribution in [0, 0.1) is 5.82 Å². The van der Waals surface area contributed by atoms with Crippen molar-refractivity contribution in [2.24, 2.45) is 0 Å². The van der Waals surface area contributed by atoms with Crippen molar-refractivity contribution in [3.8, 4) is 28.1 Å². The Kier molecular flexibility index (Phi) is 4.75. The molecule has 3 heterocycles. The highest BCUT2D eigenvalue weighted by Gasteiger charge is 2.27. The zero-order chi connectivity index (χ0) is 20.7. The normalized spacial score (nSPS) is 15.0. The molecule has 30 heavy (non-hydrogen) atoms. The van der Waals surface area contributed by atoms with E-state index in [1.807, 2.05) is 0 Å². The monoisotopic (exact) mass is 425 g/mol. The van der Waals surface area contributed by atoms with E-state index in [1.165, 1.54) is 24.4 Å². The maximum Gasteiger partial charge on any atom is 0.339 e. The van der Waals surface area contributed by atoms with Gasteiger partial charge in [0.05, 0.1) is 17.8 Å². The number of fused-ring (bicyclic) bond motifs is 1. The second-order valence-corrected chi connectivity index (χ2v) is 7.64. The number of carbonyl (C=O) groups is 1. The number of rotatable bonds is 4. The number of ether oxygens (including phenoxy) is 2. The molecule has 0 atom stereocenters. The Morgan fingerprint density at radius 2 is 2.07 bits per heavy atom. The molecule has 152 valence electrons. The van der Waals surface area contributed by atoms with Crippen LogP contribution in [0.3, 0.4) is 0 Å². The minimum Gasteiger partial charge on any atom is -0.487 e. The van der Waals surface area contributed by atoms with Gasteiger partial charge in [0, 0.05) is 34.1 Å². The molecule has 0 radical (unpaired) electrons. The van der Waals surface area contributed by atoms with Gasteiger partial charge in [-0.1, -0.05) is 11.6 Å². The van der Waals surface area contributed by atoms with Crippen molar-refractivity contribution in [3.63, 3.8) is 0 Å². The lowest BCUT2D eigenvalue weighted by atomic mass is 10.0. The lowest BCUT2D eigenvalue weighted by Crippen LogP contribution is -2.20. The largest absolute Gasteiger partial charge is 0.487 e. The number of hydrogen-bond donors (Lipinski definition) is 1. The third kappa shape index (κ3) is 3.68. The molecule has 0 amide bonds. The van der Waals surface area contributed by atoms with Crippen molar-refractivity contribution in [1.82, 2.24) is 9.97 Å². The fourth-order valence-electron chi connectivity index (χ4n) is 3.27. The zero-order valence-corrected chi connectivity index (χ0v) is 16.6. The maximum atomic E-state index is 14.5. The van der Waals surface area contributed by atoms with Gasteiger partial charge in [-0.05, 0) is 43.2 Å². The predicted octanol–water partition coefficient (Wildman–Crippen LogP) is 4.73. The van der Waals surface area contributed by atoms with Crippen LogP contribution in [0.4, 0.5) is 10.2 Å². The minimum atomic E-state index is -0.436. The molecule has 0 saturated heterocycles. The third-order valence-electron chi connectivity index (χ3n) is 4.90. The van der Waals surface area contributed by atoms with E-state index in [9.17, 15) is 9.18 Å². The number of halogens is 2. The molecule has 0 spiro atoms. The zero-order valence-electron chi connectivity index (χ0n) is 15.8. The summed E-state index contributed by atoms with van der Waals surface area (Å²) in [6.45, 7) is 1.04. The fourth-order valence-corrected chi connectivity index (χ4v) is 3.44. The predicted molar refractivity (Wildman–Crippen MR) is 110 cm³/mol. The standard InChI is InChI=1S/C22H17ClFN3O3/c23-14-1-4-18(24)17(8-14)19-9-16(20-21(27-19)26-5-6-29-20)12-7-13(11-25-10-12)22(28)30-15-2-3-15/h1,4,7-11,15H,2-3,5-6H2,(H,26,27). The lowest BCUT2D eigenvalue weighted by Gasteiger charge is -2.22. The average molecular weight is 426 g/mol. The number of esters is 1. The summed E-state index contributed by atoms with van der Waals surface area (Å²) in [7, 11) is 0. The van der Waals surface area contributed by atoms with Gasteiger partial charge >= 0.3 is 5.97 Å². The molecule has 1 fully saturated rings. The van der Waals surface area contributed by atoms with Gasteiger partial charge in [-0.25, -0.2) is 14.2 Å². The van der Waals surface area contributed by atoms with E-state index in [1.54, 1.807) is 18.3 Å². The maximum absolute atomic E-state index is 14.5. The van der Waals surface area contributed by atoms with Gasteiger partial charge in [0.2, 0.25) is 0 Å². The van der Waals surface area contributed by atoms with E-state index in [0.717, 1.165) is 12.8 Å². The summed E-state index contributed by atoms with van der Waals surface area (Å²) in [6, 6.07) is 7.73. The number of anilines is 1. The summed E-state index contributed by atoms with van der Waals surface area (Å²) < 4.78 is 25.7. The van der Waals surface area contributed by atoms with E-state index < -0.39 is 11.8 Å². The Balaban J connectivity index is 1.62. The SMILES string of the molecule is O=C(OC1CC1)c1cncc(-c2cc(-c3cc(Cl)ccc3F)nc3c2OCCN3)c1. The van der Waals surface area contributed by atoms with Crippen molar-refractivity contribution in [3.05, 3.63) is 59.1 Å². The molecular formula is C22H17ClFN3O3. The number of benzene rings is 1. The molecule has 2 aromatic heterocycles. The number of nitrogens with zero attached hydrogens (tertiary/aromatic N) is 2. The van der Waals surface area contributed by atoms with Crippen LogP contribution in [0.25, 0.3) is 22.4 Å². The fraction of sp³-hybridized carbons (Fsp3) is 0.227. The molecule has 1 saturated carbocycles. The Morgan fingerprint density at radius 1 is 1.20 bits per heavy atom. The molecule has 0 bridgehead atoms. The first-order valence-corrected chi connectivity index (χ1v) is 10.00. The second-order valence-electron chi connectivity index (χ2n) is 7.20. The highest BCUT2D eigenvalue weighted by Crippen LogP contribution is 2.40. The van der Waals surface area contributed by atoms with Crippen LogP contribution in [0.1, 0.15) is 23.2 Å². The van der Waals surface area contributed by atoms with Crippen LogP contribution in [-0.2, 0) is 4.74 Å². The van der Waals surface area contributed by atoms with Crippen LogP contribution in [-0.4, -0.2) is 35.2 Å². The number of pyridine rings is 2. The summed E-state index contributed by atoms with van der Waals surface area (Å²) in [5.74, 6) is 0.186. The molecule has 1 N–H and O–H groups in total. The first kappa shape index (κ1) is 18.8. The van der Waals surface area contributed by atoms with Crippen LogP contribution in [0.2, 0.25) is 5.02 Å². The number of nitrogens with one attached hydrogen (secondary N) is 1. The topological polar surface area (TPSA) is 73.3 Å². The van der Waals surface area contributed by atoms with Gasteiger partial charge in [0.1, 0.15) is 18.5 Å². The van der Waals surface area contributed by atoms with Crippen molar-refractivity contribution >= 4 is 23.4 Å². The summed E-state index contributed by atoms with van der Waals surface area (Å²) in [4.78, 5) is 21.1. The summed E-state index contributed by atoms with van der Waals surface area (Å²) in [5.41, 5.74) is 2.31. The van der Waals surface area contributed by atoms with Gasteiger partial charge in [0.15, 0.2) is 11.6 Å². The molecule has 1 aliphatic carbocycles. The van der Waals surface area contributed by atoms with E-state index in [-0.39, 0.29) is 11.7 Å². The molecule has 1 aliphatic heterocycles. The first-order chi connectivity index (χ1) is 14.6. The molecule has 2 aliphatic rings. The second kappa shape index (κ2) is 7.57. The van der Waals surface area contributed by atoms with Gasteiger partial charge in [-0.15, -0.1) is 0 Å². The number of carbonyl (C=O) groups excluding carboxylic acids is 1. The van der Waals surface area contributed by atoms with Gasteiger partial charge in [-0.2, -0.15) is 0 Å². The number of hydrogen-bond acceptors (Lipinski definition) is 6. The minimum absolute atomic E-state index is 0.000202. The molecule has 0 unspecified atom stereocenters. The number of aromatic nitrogens is 2. The molecular weight excluding hydrogens is 409 g/mol. The van der Waals surface area contributed by atoms with Crippen molar-refractivity contribution in [1.29, 1.82) is 0 Å². The van der Waals surface area contributed by atoms with E-state index in [2.05, 4.69) is 15.3 Å². The summed E-state index contributed by atoms with van der Waals surface area (Å²) in [5, 5.41) is 3.59. The highest BCUT2D eigenvalue weighted by atomic mass is 35.5. The average Bonchev–Trinajstić information content (AvgIpc) is 3.58. The van der Waals surface area contributed by atoms with Gasteiger partial charge in [-0.3, -0.25) is 4.98 Å². The molecule has 6 nitrogen and oxygen atoms in total. The Labute approximate surface area is 177 Å². The van der Waals surface area contributed by atoms with Crippen LogP contribution in [0.15, 0.2) is 42.7 Å².